The lowest BCUT2D eigenvalue weighted by molar-refractivity contribution is -0.140. The smallest absolute Gasteiger partial charge is 0.264 e. The second-order valence-corrected chi connectivity index (χ2v) is 13.9. The van der Waals surface area contributed by atoms with Crippen LogP contribution in [0.25, 0.3) is 0 Å². The predicted molar refractivity (Wildman–Crippen MR) is 183 cm³/mol. The van der Waals surface area contributed by atoms with Crippen molar-refractivity contribution in [3.05, 3.63) is 124 Å². The summed E-state index contributed by atoms with van der Waals surface area (Å²) in [6.45, 7) is 3.34. The molecule has 0 unspecified atom stereocenters. The number of carbonyl (C=O) groups is 2. The van der Waals surface area contributed by atoms with Crippen molar-refractivity contribution in [1.82, 2.24) is 10.2 Å². The second-order valence-electron chi connectivity index (χ2n) is 11.2. The van der Waals surface area contributed by atoms with Crippen LogP contribution in [-0.2, 0) is 32.6 Å². The molecular formula is C35H36Cl2FN3O5S. The Morgan fingerprint density at radius 3 is 2.06 bits per heavy atom. The number of sulfonamides is 1. The lowest BCUT2D eigenvalue weighted by atomic mass is 10.0. The van der Waals surface area contributed by atoms with E-state index in [-0.39, 0.29) is 39.5 Å². The van der Waals surface area contributed by atoms with Crippen LogP contribution in [0.2, 0.25) is 10.0 Å². The first-order valence-corrected chi connectivity index (χ1v) is 17.1. The molecule has 0 spiro atoms. The average Bonchev–Trinajstić information content (AvgIpc) is 3.06. The maximum atomic E-state index is 14.5. The molecule has 12 heteroatoms. The van der Waals surface area contributed by atoms with Crippen LogP contribution < -0.4 is 14.4 Å². The lowest BCUT2D eigenvalue weighted by Gasteiger charge is -2.34. The molecule has 0 aliphatic carbocycles. The van der Waals surface area contributed by atoms with Crippen LogP contribution in [0, 0.1) is 11.7 Å². The first-order valence-electron chi connectivity index (χ1n) is 14.9. The Balaban J connectivity index is 1.83. The van der Waals surface area contributed by atoms with Gasteiger partial charge in [0.05, 0.1) is 17.7 Å². The number of nitrogens with zero attached hydrogens (tertiary/aromatic N) is 2. The van der Waals surface area contributed by atoms with Gasteiger partial charge in [0.25, 0.3) is 10.0 Å². The summed E-state index contributed by atoms with van der Waals surface area (Å²) in [6.07, 6.45) is 0.125. The van der Waals surface area contributed by atoms with E-state index in [0.717, 1.165) is 22.0 Å². The molecule has 4 aromatic rings. The minimum atomic E-state index is -4.38. The molecule has 4 aromatic carbocycles. The minimum Gasteiger partial charge on any atom is -0.497 e. The Morgan fingerprint density at radius 1 is 0.872 bits per heavy atom. The van der Waals surface area contributed by atoms with Crippen molar-refractivity contribution in [3.63, 3.8) is 0 Å². The molecule has 47 heavy (non-hydrogen) atoms. The van der Waals surface area contributed by atoms with Crippen LogP contribution in [0.4, 0.5) is 10.1 Å². The van der Waals surface area contributed by atoms with Gasteiger partial charge in [-0.2, -0.15) is 0 Å². The maximum absolute atomic E-state index is 14.5. The highest BCUT2D eigenvalue weighted by Gasteiger charge is 2.35. The Morgan fingerprint density at radius 2 is 1.49 bits per heavy atom. The number of hydrogen-bond acceptors (Lipinski definition) is 5. The van der Waals surface area contributed by atoms with E-state index in [9.17, 15) is 22.4 Å². The summed E-state index contributed by atoms with van der Waals surface area (Å²) in [5, 5.41) is 3.48. The standard InChI is InChI=1S/C35H36Cl2FN3O5S/c1-24(2)21-39-35(43)33(20-25-8-5-4-6-9-25)40(22-30-31(36)10-7-11-32(30)37)34(42)23-41(27-14-12-26(38)13-15-27)47(44,45)29-18-16-28(46-3)17-19-29/h4-19,24,33H,20-23H2,1-3H3,(H,39,43)/t33-/m0/s1. The highest BCUT2D eigenvalue weighted by atomic mass is 35.5. The topological polar surface area (TPSA) is 96.0 Å². The van der Waals surface area contributed by atoms with Crippen molar-refractivity contribution in [2.75, 3.05) is 24.5 Å². The molecule has 2 amide bonds. The van der Waals surface area contributed by atoms with Gasteiger partial charge in [0.1, 0.15) is 24.2 Å². The number of nitrogens with one attached hydrogen (secondary N) is 1. The molecule has 248 valence electrons. The largest absolute Gasteiger partial charge is 0.497 e. The molecule has 0 heterocycles. The Bertz CT molecular complexity index is 1750. The predicted octanol–water partition coefficient (Wildman–Crippen LogP) is 6.75. The van der Waals surface area contributed by atoms with Gasteiger partial charge < -0.3 is 15.0 Å². The van der Waals surface area contributed by atoms with Gasteiger partial charge in [-0.1, -0.05) is 73.4 Å². The van der Waals surface area contributed by atoms with E-state index in [0.29, 0.717) is 17.9 Å². The number of methoxy groups -OCH3 is 1. The number of anilines is 1. The van der Waals surface area contributed by atoms with Crippen LogP contribution in [-0.4, -0.2) is 51.4 Å². The van der Waals surface area contributed by atoms with Crippen molar-refractivity contribution in [1.29, 1.82) is 0 Å². The van der Waals surface area contributed by atoms with Crippen LogP contribution in [0.1, 0.15) is 25.0 Å². The van der Waals surface area contributed by atoms with Crippen molar-refractivity contribution in [2.45, 2.75) is 37.8 Å². The number of halogens is 3. The fourth-order valence-corrected chi connectivity index (χ4v) is 6.77. The van der Waals surface area contributed by atoms with E-state index in [1.165, 1.54) is 48.4 Å². The Kier molecular flexibility index (Phi) is 12.3. The first kappa shape index (κ1) is 35.7. The van der Waals surface area contributed by atoms with Crippen LogP contribution in [0.5, 0.6) is 5.75 Å². The monoisotopic (exact) mass is 699 g/mol. The molecule has 1 atom stereocenters. The number of amides is 2. The van der Waals surface area contributed by atoms with Gasteiger partial charge in [0.2, 0.25) is 11.8 Å². The molecule has 8 nitrogen and oxygen atoms in total. The molecule has 1 N–H and O–H groups in total. The van der Waals surface area contributed by atoms with Crippen molar-refractivity contribution in [3.8, 4) is 5.75 Å². The normalized spacial score (nSPS) is 12.0. The number of ether oxygens (including phenoxy) is 1. The van der Waals surface area contributed by atoms with Gasteiger partial charge in [-0.3, -0.25) is 13.9 Å². The number of carbonyl (C=O) groups excluding carboxylic acids is 2. The van der Waals surface area contributed by atoms with Gasteiger partial charge in [0.15, 0.2) is 0 Å². The highest BCUT2D eigenvalue weighted by molar-refractivity contribution is 7.92. The summed E-state index contributed by atoms with van der Waals surface area (Å²) in [5.41, 5.74) is 1.22. The molecule has 0 aromatic heterocycles. The Hall–Kier alpha value is -4.12. The molecule has 0 saturated carbocycles. The molecule has 0 aliphatic rings. The van der Waals surface area contributed by atoms with Gasteiger partial charge in [-0.05, 0) is 72.1 Å². The summed E-state index contributed by atoms with van der Waals surface area (Å²) in [5.74, 6) is -1.15. The molecule has 0 fully saturated rings. The maximum Gasteiger partial charge on any atom is 0.264 e. The van der Waals surface area contributed by atoms with Crippen LogP contribution >= 0.6 is 23.2 Å². The zero-order chi connectivity index (χ0) is 34.1. The van der Waals surface area contributed by atoms with E-state index in [1.807, 2.05) is 44.2 Å². The average molecular weight is 701 g/mol. The van der Waals surface area contributed by atoms with Crippen LogP contribution in [0.3, 0.4) is 0 Å². The molecule has 0 aliphatic heterocycles. The molecule has 0 bridgehead atoms. The van der Waals surface area contributed by atoms with E-state index in [2.05, 4.69) is 5.32 Å². The third-order valence-electron chi connectivity index (χ3n) is 7.39. The van der Waals surface area contributed by atoms with Gasteiger partial charge in [-0.25, -0.2) is 12.8 Å². The summed E-state index contributed by atoms with van der Waals surface area (Å²) in [4.78, 5) is 29.6. The van der Waals surface area contributed by atoms with E-state index < -0.39 is 40.2 Å². The second kappa shape index (κ2) is 16.1. The number of hydrogen-bond donors (Lipinski definition) is 1. The zero-order valence-corrected chi connectivity index (χ0v) is 28.5. The summed E-state index contributed by atoms with van der Waals surface area (Å²) in [6, 6.07) is 23.4. The third-order valence-corrected chi connectivity index (χ3v) is 9.88. The SMILES string of the molecule is COc1ccc(S(=O)(=O)N(CC(=O)N(Cc2c(Cl)cccc2Cl)[C@@H](Cc2ccccc2)C(=O)NCC(C)C)c2ccc(F)cc2)cc1. The zero-order valence-electron chi connectivity index (χ0n) is 26.2. The van der Waals surface area contributed by atoms with Gasteiger partial charge in [-0.15, -0.1) is 0 Å². The fraction of sp³-hybridized carbons (Fsp3) is 0.257. The van der Waals surface area contributed by atoms with Crippen LogP contribution in [0.15, 0.2) is 102 Å². The van der Waals surface area contributed by atoms with Gasteiger partial charge >= 0.3 is 0 Å². The summed E-state index contributed by atoms with van der Waals surface area (Å²) in [7, 11) is -2.93. The van der Waals surface area contributed by atoms with Crippen molar-refractivity contribution >= 4 is 50.7 Å². The van der Waals surface area contributed by atoms with Crippen molar-refractivity contribution in [2.24, 2.45) is 5.92 Å². The molecule has 0 radical (unpaired) electrons. The molecule has 4 rings (SSSR count). The quantitative estimate of drug-likeness (QED) is 0.157. The van der Waals surface area contributed by atoms with E-state index >= 15 is 0 Å². The highest BCUT2D eigenvalue weighted by Crippen LogP contribution is 2.29. The molecule has 0 saturated heterocycles. The first-order chi connectivity index (χ1) is 22.4. The summed E-state index contributed by atoms with van der Waals surface area (Å²) < 4.78 is 48.3. The fourth-order valence-electron chi connectivity index (χ4n) is 4.84. The third kappa shape index (κ3) is 9.24. The number of benzene rings is 4. The molecular weight excluding hydrogens is 664 g/mol. The Labute approximate surface area is 285 Å². The minimum absolute atomic E-state index is 0.0511. The van der Waals surface area contributed by atoms with E-state index in [1.54, 1.807) is 18.2 Å². The summed E-state index contributed by atoms with van der Waals surface area (Å²) >= 11 is 13.1. The lowest BCUT2D eigenvalue weighted by Crippen LogP contribution is -2.53. The van der Waals surface area contributed by atoms with E-state index in [4.69, 9.17) is 27.9 Å². The number of rotatable bonds is 14. The van der Waals surface area contributed by atoms with Crippen molar-refractivity contribution < 1.29 is 27.1 Å². The van der Waals surface area contributed by atoms with Gasteiger partial charge in [0, 0.05) is 35.1 Å².